The van der Waals surface area contributed by atoms with Crippen molar-refractivity contribution in [2.24, 2.45) is 0 Å². The molecule has 0 aromatic rings. The zero-order chi connectivity index (χ0) is 12.7. The molecule has 0 saturated carbocycles. The molecule has 0 aromatic heterocycles. The Kier molecular flexibility index (Phi) is 83.5. The topological polar surface area (TPSA) is 210 Å². The van der Waals surface area contributed by atoms with Gasteiger partial charge < -0.3 is 45.0 Å². The van der Waals surface area contributed by atoms with Gasteiger partial charge in [0.25, 0.3) is 0 Å². The summed E-state index contributed by atoms with van der Waals surface area (Å²) in [5.41, 5.74) is 0. The third-order valence-corrected chi connectivity index (χ3v) is 0. The molecule has 0 aromatic carbocycles. The normalized spacial score (nSPS) is 4.88. The maximum atomic E-state index is 8.33. The van der Waals surface area contributed by atoms with E-state index >= 15 is 0 Å². The van der Waals surface area contributed by atoms with Crippen LogP contribution in [0.2, 0.25) is 0 Å². The monoisotopic (exact) mass is 286 g/mol. The number of hydrogen-bond donors (Lipinski definition) is 1. The minimum Gasteiger partial charge on any atom is -0.652 e. The van der Waals surface area contributed by atoms with E-state index in [9.17, 15) is 0 Å². The van der Waals surface area contributed by atoms with E-state index < -0.39 is 18.5 Å². The van der Waals surface area contributed by atoms with Crippen molar-refractivity contribution in [3.05, 3.63) is 0 Å². The van der Waals surface area contributed by atoms with Gasteiger partial charge in [0.1, 0.15) is 0 Å². The summed E-state index contributed by atoms with van der Waals surface area (Å²) < 4.78 is 6.47. The van der Waals surface area contributed by atoms with E-state index in [1.54, 1.807) is 0 Å². The molecule has 13 heteroatoms. The predicted octanol–water partition coefficient (Wildman–Crippen LogP) is -7.97. The summed E-state index contributed by atoms with van der Waals surface area (Å²) in [7, 11) is 0. The molecule has 0 heterocycles. The van der Waals surface area contributed by atoms with Gasteiger partial charge >= 0.3 is 34.7 Å². The molecular weight excluding hydrogens is 285 g/mol. The van der Waals surface area contributed by atoms with Crippen LogP contribution in [-0.4, -0.2) is 57.8 Å². The van der Waals surface area contributed by atoms with Crippen LogP contribution in [0.1, 0.15) is 0 Å². The van der Waals surface area contributed by atoms with Crippen LogP contribution < -0.4 is 30.6 Å². The van der Waals surface area contributed by atoms with Gasteiger partial charge in [-0.2, -0.15) is 0 Å². The van der Waals surface area contributed by atoms with Gasteiger partial charge in [-0.3, -0.25) is 4.66 Å². The Bertz CT molecular complexity index is 122. The van der Waals surface area contributed by atoms with Gasteiger partial charge in [0.05, 0.1) is 11.9 Å². The van der Waals surface area contributed by atoms with Gasteiger partial charge in [0.2, 0.25) is 0 Å². The third-order valence-electron chi connectivity index (χ3n) is 0. The molecule has 0 rings (SSSR count). The largest absolute Gasteiger partial charge is 3.00 e. The molecule has 0 bridgehead atoms. The average molecular weight is 286 g/mol. The summed E-state index contributed by atoms with van der Waals surface area (Å²) >= 11 is 3.64. The SMILES string of the molecule is O=C([O-])[O-].O=C([O-])[O-].O=C([O-])[O-].OCl.[Al+3].[Al+3]. The van der Waals surface area contributed by atoms with Gasteiger partial charge in [-0.25, -0.2) is 0 Å². The third kappa shape index (κ3) is 2520. The molecule has 1 N–H and O–H groups in total. The second kappa shape index (κ2) is 36.9. The van der Waals surface area contributed by atoms with E-state index in [1.165, 1.54) is 0 Å². The summed E-state index contributed by atoms with van der Waals surface area (Å²) in [6.45, 7) is 0. The Hall–Kier alpha value is -0.875. The van der Waals surface area contributed by atoms with Crippen molar-refractivity contribution in [2.45, 2.75) is 0 Å². The van der Waals surface area contributed by atoms with Crippen molar-refractivity contribution < 1.29 is 49.7 Å². The first-order chi connectivity index (χ1) is 6.20. The Labute approximate surface area is 115 Å². The Balaban J connectivity index is -0.0000000205. The smallest absolute Gasteiger partial charge is 0.652 e. The first kappa shape index (κ1) is 36.2. The van der Waals surface area contributed by atoms with Crippen LogP contribution in [0.4, 0.5) is 14.4 Å². The van der Waals surface area contributed by atoms with Gasteiger partial charge in [-0.05, 0) is 18.5 Å². The fourth-order valence-corrected chi connectivity index (χ4v) is 0. The summed E-state index contributed by atoms with van der Waals surface area (Å²) in [6, 6.07) is 0. The molecule has 10 nitrogen and oxygen atoms in total. The molecule has 0 spiro atoms. The van der Waals surface area contributed by atoms with Crippen molar-refractivity contribution in [3.63, 3.8) is 0 Å². The van der Waals surface area contributed by atoms with E-state index in [-0.39, 0.29) is 34.7 Å². The molecule has 0 aliphatic rings. The predicted molar refractivity (Wildman–Crippen MR) is 35.8 cm³/mol. The second-order valence-electron chi connectivity index (χ2n) is 0.750. The first-order valence-corrected chi connectivity index (χ1v) is 2.34. The van der Waals surface area contributed by atoms with Crippen molar-refractivity contribution in [1.82, 2.24) is 0 Å². The Morgan fingerprint density at radius 3 is 0.625 bits per heavy atom. The van der Waals surface area contributed by atoms with Crippen LogP contribution >= 0.6 is 11.9 Å². The standard InChI is InChI=1S/3CH2O3.2Al.ClHO/c3*2-1(3)4;;;1-2/h3*(H2,2,3,4);;;2H/q;;;2*+3;/p-6. The van der Waals surface area contributed by atoms with Gasteiger partial charge in [0.15, 0.2) is 0 Å². The van der Waals surface area contributed by atoms with E-state index in [0.717, 1.165) is 0 Å². The van der Waals surface area contributed by atoms with Crippen LogP contribution in [0.3, 0.4) is 0 Å². The van der Waals surface area contributed by atoms with Crippen LogP contribution in [0.15, 0.2) is 0 Å². The first-order valence-electron chi connectivity index (χ1n) is 2.01. The molecule has 0 fully saturated rings. The Morgan fingerprint density at radius 1 is 0.625 bits per heavy atom. The van der Waals surface area contributed by atoms with Crippen molar-refractivity contribution in [3.8, 4) is 0 Å². The molecule has 16 heavy (non-hydrogen) atoms. The van der Waals surface area contributed by atoms with Crippen LogP contribution in [0.5, 0.6) is 0 Å². The number of hydrogen-bond acceptors (Lipinski definition) is 10. The minimum atomic E-state index is -2.33. The number of carbonyl (C=O) groups excluding carboxylic acids is 3. The average Bonchev–Trinajstić information content (AvgIpc) is 1.86. The molecule has 0 unspecified atom stereocenters. The number of carbonyl (C=O) groups is 3. The van der Waals surface area contributed by atoms with Gasteiger partial charge in [0, 0.05) is 0 Å². The Morgan fingerprint density at radius 2 is 0.625 bits per heavy atom. The molecule has 0 aliphatic heterocycles. The maximum Gasteiger partial charge on any atom is 3.00 e. The maximum absolute atomic E-state index is 8.33. The molecule has 0 aliphatic carbocycles. The molecule has 86 valence electrons. The molecule has 0 atom stereocenters. The van der Waals surface area contributed by atoms with E-state index in [0.29, 0.717) is 0 Å². The number of carboxylic acid groups (broad SMARTS) is 6. The second-order valence-corrected chi connectivity index (χ2v) is 0.750. The summed E-state index contributed by atoms with van der Waals surface area (Å²) in [5.74, 6) is 0. The van der Waals surface area contributed by atoms with Crippen LogP contribution in [0.25, 0.3) is 0 Å². The zero-order valence-electron chi connectivity index (χ0n) is 7.15. The minimum absolute atomic E-state index is 0. The number of rotatable bonds is 0. The quantitative estimate of drug-likeness (QED) is 0.415. The zero-order valence-corrected chi connectivity index (χ0v) is 10.2. The summed E-state index contributed by atoms with van der Waals surface area (Å²) in [5, 5.41) is 50.0. The van der Waals surface area contributed by atoms with Crippen LogP contribution in [0, 0.1) is 0 Å². The van der Waals surface area contributed by atoms with E-state index in [4.69, 9.17) is 49.7 Å². The fraction of sp³-hybridized carbons (Fsp3) is 0. The van der Waals surface area contributed by atoms with Crippen LogP contribution in [-0.2, 0) is 0 Å². The molecule has 0 amide bonds. The van der Waals surface area contributed by atoms with Crippen molar-refractivity contribution in [1.29, 1.82) is 0 Å². The van der Waals surface area contributed by atoms with Gasteiger partial charge in [-0.15, -0.1) is 0 Å². The molecule has 0 radical (unpaired) electrons. The summed E-state index contributed by atoms with van der Waals surface area (Å²) in [6.07, 6.45) is -7.00. The van der Waals surface area contributed by atoms with Gasteiger partial charge in [-0.1, -0.05) is 0 Å². The van der Waals surface area contributed by atoms with Crippen molar-refractivity contribution >= 4 is 65.1 Å². The molecule has 0 saturated heterocycles. The fourth-order valence-electron chi connectivity index (χ4n) is 0. The van der Waals surface area contributed by atoms with E-state index in [1.807, 2.05) is 0 Å². The molecular formula is C3HAl2ClO10. The number of halogens is 1. The van der Waals surface area contributed by atoms with E-state index in [2.05, 4.69) is 11.9 Å². The summed E-state index contributed by atoms with van der Waals surface area (Å²) in [4.78, 5) is 25.0. The van der Waals surface area contributed by atoms with Crippen molar-refractivity contribution in [2.75, 3.05) is 0 Å².